The number of carbonyl (C=O) groups excluding carboxylic acids is 3. The number of carbonyl (C=O) groups is 3. The SMILES string of the molecule is CC(=O)N1C(=O)[C@]2(S[C@@H](C)C(=O)N2c2ccc(Cl)cc2)c2ccccc21. The predicted octanol–water partition coefficient (Wildman–Crippen LogP) is 3.55. The number of amides is 3. The summed E-state index contributed by atoms with van der Waals surface area (Å²) in [6.45, 7) is 3.13. The van der Waals surface area contributed by atoms with E-state index in [1.807, 2.05) is 6.07 Å². The topological polar surface area (TPSA) is 57.7 Å². The summed E-state index contributed by atoms with van der Waals surface area (Å²) in [6.07, 6.45) is 0. The molecule has 0 N–H and O–H groups in total. The lowest BCUT2D eigenvalue weighted by molar-refractivity contribution is -0.128. The third-order valence-corrected chi connectivity index (χ3v) is 6.36. The van der Waals surface area contributed by atoms with Gasteiger partial charge in [0.15, 0.2) is 0 Å². The molecule has 2 aliphatic heterocycles. The lowest BCUT2D eigenvalue weighted by Gasteiger charge is -2.32. The van der Waals surface area contributed by atoms with Crippen LogP contribution in [0.1, 0.15) is 19.4 Å². The zero-order valence-corrected chi connectivity index (χ0v) is 15.7. The minimum absolute atomic E-state index is 0.175. The van der Waals surface area contributed by atoms with E-state index in [4.69, 9.17) is 11.6 Å². The molecule has 7 heteroatoms. The summed E-state index contributed by atoms with van der Waals surface area (Å²) in [5, 5.41) is 0.119. The number of fused-ring (bicyclic) bond motifs is 2. The maximum atomic E-state index is 13.4. The average Bonchev–Trinajstić information content (AvgIpc) is 3.02. The van der Waals surface area contributed by atoms with Crippen LogP contribution in [-0.4, -0.2) is 23.0 Å². The van der Waals surface area contributed by atoms with E-state index in [0.29, 0.717) is 22.0 Å². The first-order valence-electron chi connectivity index (χ1n) is 8.10. The quantitative estimate of drug-likeness (QED) is 0.752. The van der Waals surface area contributed by atoms with Crippen molar-refractivity contribution in [1.82, 2.24) is 0 Å². The minimum atomic E-state index is -1.29. The van der Waals surface area contributed by atoms with Crippen molar-refractivity contribution in [3.8, 4) is 0 Å². The molecule has 2 atom stereocenters. The van der Waals surface area contributed by atoms with Crippen LogP contribution in [-0.2, 0) is 19.3 Å². The molecule has 2 aliphatic rings. The normalized spacial score (nSPS) is 24.5. The van der Waals surface area contributed by atoms with Crippen molar-refractivity contribution in [2.75, 3.05) is 9.80 Å². The number of thioether (sulfide) groups is 1. The van der Waals surface area contributed by atoms with Gasteiger partial charge < -0.3 is 0 Å². The van der Waals surface area contributed by atoms with Gasteiger partial charge in [-0.25, -0.2) is 4.90 Å². The second-order valence-electron chi connectivity index (χ2n) is 6.23. The number of nitrogens with zero attached hydrogens (tertiary/aromatic N) is 2. The highest BCUT2D eigenvalue weighted by molar-refractivity contribution is 8.03. The lowest BCUT2D eigenvalue weighted by atomic mass is 10.0. The second kappa shape index (κ2) is 5.86. The Morgan fingerprint density at radius 1 is 1.12 bits per heavy atom. The molecule has 0 unspecified atom stereocenters. The highest BCUT2D eigenvalue weighted by Gasteiger charge is 2.63. The average molecular weight is 387 g/mol. The van der Waals surface area contributed by atoms with Crippen molar-refractivity contribution < 1.29 is 14.4 Å². The van der Waals surface area contributed by atoms with E-state index in [1.54, 1.807) is 49.4 Å². The molecule has 26 heavy (non-hydrogen) atoms. The van der Waals surface area contributed by atoms with Crippen LogP contribution in [0.4, 0.5) is 11.4 Å². The van der Waals surface area contributed by atoms with Crippen molar-refractivity contribution >= 4 is 52.5 Å². The third kappa shape index (κ3) is 2.15. The zero-order chi connectivity index (χ0) is 18.6. The molecular formula is C19H15ClN2O3S. The number of imide groups is 1. The number of anilines is 2. The number of hydrogen-bond donors (Lipinski definition) is 0. The molecule has 0 aliphatic carbocycles. The fourth-order valence-electron chi connectivity index (χ4n) is 3.57. The van der Waals surface area contributed by atoms with E-state index in [-0.39, 0.29) is 11.8 Å². The van der Waals surface area contributed by atoms with Gasteiger partial charge in [0, 0.05) is 23.2 Å². The van der Waals surface area contributed by atoms with Gasteiger partial charge >= 0.3 is 0 Å². The van der Waals surface area contributed by atoms with Crippen molar-refractivity contribution in [2.45, 2.75) is 24.0 Å². The van der Waals surface area contributed by atoms with Gasteiger partial charge in [0.2, 0.25) is 16.7 Å². The molecule has 1 fully saturated rings. The molecule has 2 aromatic rings. The van der Waals surface area contributed by atoms with E-state index in [0.717, 1.165) is 4.90 Å². The van der Waals surface area contributed by atoms with Gasteiger partial charge in [-0.2, -0.15) is 0 Å². The predicted molar refractivity (Wildman–Crippen MR) is 102 cm³/mol. The van der Waals surface area contributed by atoms with Gasteiger partial charge in [0.25, 0.3) is 5.91 Å². The Kier molecular flexibility index (Phi) is 3.86. The molecule has 132 valence electrons. The van der Waals surface area contributed by atoms with E-state index < -0.39 is 16.0 Å². The molecule has 5 nitrogen and oxygen atoms in total. The summed E-state index contributed by atoms with van der Waals surface area (Å²) in [7, 11) is 0. The molecule has 1 saturated heterocycles. The first kappa shape index (κ1) is 17.1. The number of benzene rings is 2. The van der Waals surface area contributed by atoms with Crippen LogP contribution < -0.4 is 9.80 Å². The monoisotopic (exact) mass is 386 g/mol. The largest absolute Gasteiger partial charge is 0.283 e. The smallest absolute Gasteiger partial charge is 0.275 e. The maximum Gasteiger partial charge on any atom is 0.275 e. The van der Waals surface area contributed by atoms with Crippen molar-refractivity contribution in [2.24, 2.45) is 0 Å². The first-order chi connectivity index (χ1) is 12.4. The third-order valence-electron chi connectivity index (χ3n) is 4.63. The second-order valence-corrected chi connectivity index (χ2v) is 8.20. The summed E-state index contributed by atoms with van der Waals surface area (Å²) >= 11 is 7.24. The van der Waals surface area contributed by atoms with Gasteiger partial charge in [0.05, 0.1) is 10.9 Å². The van der Waals surface area contributed by atoms with Crippen LogP contribution in [0.3, 0.4) is 0 Å². The number of halogens is 1. The van der Waals surface area contributed by atoms with Crippen LogP contribution >= 0.6 is 23.4 Å². The summed E-state index contributed by atoms with van der Waals surface area (Å²) in [5.74, 6) is -0.960. The van der Waals surface area contributed by atoms with Gasteiger partial charge in [-0.05, 0) is 37.3 Å². The molecular weight excluding hydrogens is 372 g/mol. The fourth-order valence-corrected chi connectivity index (χ4v) is 5.21. The van der Waals surface area contributed by atoms with Gasteiger partial charge in [-0.15, -0.1) is 11.8 Å². The van der Waals surface area contributed by atoms with Gasteiger partial charge in [0.1, 0.15) is 0 Å². The van der Waals surface area contributed by atoms with Crippen LogP contribution in [0, 0.1) is 0 Å². The molecule has 0 aromatic heterocycles. The summed E-state index contributed by atoms with van der Waals surface area (Å²) in [5.41, 5.74) is 1.75. The molecule has 4 rings (SSSR count). The molecule has 1 spiro atoms. The van der Waals surface area contributed by atoms with E-state index in [1.165, 1.54) is 23.6 Å². The van der Waals surface area contributed by atoms with E-state index in [9.17, 15) is 14.4 Å². The van der Waals surface area contributed by atoms with E-state index >= 15 is 0 Å². The first-order valence-corrected chi connectivity index (χ1v) is 9.36. The van der Waals surface area contributed by atoms with Crippen LogP contribution in [0.15, 0.2) is 48.5 Å². The van der Waals surface area contributed by atoms with Crippen molar-refractivity contribution in [3.05, 3.63) is 59.1 Å². The highest BCUT2D eigenvalue weighted by atomic mass is 35.5. The number of rotatable bonds is 1. The fraction of sp³-hybridized carbons (Fsp3) is 0.211. The maximum absolute atomic E-state index is 13.4. The zero-order valence-electron chi connectivity index (χ0n) is 14.1. The van der Waals surface area contributed by atoms with Crippen LogP contribution in [0.2, 0.25) is 5.02 Å². The Balaban J connectivity index is 1.98. The van der Waals surface area contributed by atoms with Crippen LogP contribution in [0.5, 0.6) is 0 Å². The summed E-state index contributed by atoms with van der Waals surface area (Å²) in [4.78, 5) is 40.0. The standard InChI is InChI=1S/C19H15ClN2O3S/c1-11-17(24)22(14-9-7-13(20)8-10-14)19(26-11)15-5-3-4-6-16(15)21(12(2)23)18(19)25/h3-11H,1-2H3/t11-,19+/m0/s1. The highest BCUT2D eigenvalue weighted by Crippen LogP contribution is 2.57. The van der Waals surface area contributed by atoms with Crippen LogP contribution in [0.25, 0.3) is 0 Å². The summed E-state index contributed by atoms with van der Waals surface area (Å²) < 4.78 is 0. The molecule has 0 bridgehead atoms. The molecule has 0 radical (unpaired) electrons. The van der Waals surface area contributed by atoms with Gasteiger partial charge in [-0.1, -0.05) is 29.8 Å². The van der Waals surface area contributed by atoms with Crippen molar-refractivity contribution in [1.29, 1.82) is 0 Å². The lowest BCUT2D eigenvalue weighted by Crippen LogP contribution is -2.50. The Bertz CT molecular complexity index is 946. The Labute approximate surface area is 159 Å². The minimum Gasteiger partial charge on any atom is -0.283 e. The molecule has 2 heterocycles. The summed E-state index contributed by atoms with van der Waals surface area (Å²) in [6, 6.07) is 13.9. The Morgan fingerprint density at radius 3 is 2.42 bits per heavy atom. The van der Waals surface area contributed by atoms with Crippen molar-refractivity contribution in [3.63, 3.8) is 0 Å². The Hall–Kier alpha value is -2.31. The van der Waals surface area contributed by atoms with Gasteiger partial charge in [-0.3, -0.25) is 19.3 Å². The van der Waals surface area contributed by atoms with E-state index in [2.05, 4.69) is 0 Å². The molecule has 3 amide bonds. The number of para-hydroxylation sites is 1. The molecule has 0 saturated carbocycles. The number of hydrogen-bond acceptors (Lipinski definition) is 4. The molecule has 2 aromatic carbocycles. The Morgan fingerprint density at radius 2 is 1.77 bits per heavy atom.